The van der Waals surface area contributed by atoms with Crippen molar-refractivity contribution in [2.24, 2.45) is 0 Å². The zero-order valence-corrected chi connectivity index (χ0v) is 23.8. The normalized spacial score (nSPS) is 11.7. The fourth-order valence-corrected chi connectivity index (χ4v) is 7.45. The molecule has 4 heterocycles. The van der Waals surface area contributed by atoms with Crippen molar-refractivity contribution in [1.29, 1.82) is 0 Å². The molecule has 0 amide bonds. The molecular formula is C39H23N3S. The number of hydrogen-bond donors (Lipinski definition) is 0. The van der Waals surface area contributed by atoms with Crippen LogP contribution in [-0.4, -0.2) is 15.0 Å². The third-order valence-corrected chi connectivity index (χ3v) is 9.50. The highest BCUT2D eigenvalue weighted by molar-refractivity contribution is 7.25. The van der Waals surface area contributed by atoms with Gasteiger partial charge in [0.15, 0.2) is 0 Å². The summed E-state index contributed by atoms with van der Waals surface area (Å²) in [7, 11) is 0. The summed E-state index contributed by atoms with van der Waals surface area (Å²) >= 11 is 1.85. The van der Waals surface area contributed by atoms with E-state index in [2.05, 4.69) is 114 Å². The van der Waals surface area contributed by atoms with Gasteiger partial charge >= 0.3 is 0 Å². The summed E-state index contributed by atoms with van der Waals surface area (Å²) in [5, 5.41) is 5.90. The van der Waals surface area contributed by atoms with E-state index >= 15 is 0 Å². The molecule has 0 radical (unpaired) electrons. The second-order valence-electron chi connectivity index (χ2n) is 10.9. The summed E-state index contributed by atoms with van der Waals surface area (Å²) in [6.07, 6.45) is 5.81. The van der Waals surface area contributed by atoms with E-state index in [0.29, 0.717) is 0 Å². The van der Waals surface area contributed by atoms with E-state index in [1.807, 2.05) is 42.1 Å². The number of thiophene rings is 1. The number of pyridine rings is 3. The number of hydrogen-bond acceptors (Lipinski definition) is 4. The fourth-order valence-electron chi connectivity index (χ4n) is 6.32. The van der Waals surface area contributed by atoms with Crippen molar-refractivity contribution >= 4 is 64.2 Å². The first-order valence-electron chi connectivity index (χ1n) is 14.3. The largest absolute Gasteiger partial charge is 0.256 e. The minimum Gasteiger partial charge on any atom is -0.256 e. The van der Waals surface area contributed by atoms with Crippen LogP contribution >= 0.6 is 11.3 Å². The Morgan fingerprint density at radius 3 is 2.21 bits per heavy atom. The van der Waals surface area contributed by atoms with Gasteiger partial charge in [0.25, 0.3) is 0 Å². The van der Waals surface area contributed by atoms with Gasteiger partial charge in [-0.25, -0.2) is 0 Å². The molecule has 5 aromatic carbocycles. The molecule has 0 spiro atoms. The van der Waals surface area contributed by atoms with Crippen molar-refractivity contribution in [2.75, 3.05) is 0 Å². The summed E-state index contributed by atoms with van der Waals surface area (Å²) in [6.45, 7) is 0. The van der Waals surface area contributed by atoms with Crippen LogP contribution in [0.3, 0.4) is 0 Å². The monoisotopic (exact) mass is 565 g/mol. The molecule has 9 rings (SSSR count). The highest BCUT2D eigenvalue weighted by atomic mass is 32.1. The van der Waals surface area contributed by atoms with Crippen LogP contribution in [0.2, 0.25) is 0 Å². The highest BCUT2D eigenvalue weighted by Gasteiger charge is 2.16. The molecule has 0 saturated carbocycles. The number of benzene rings is 5. The van der Waals surface area contributed by atoms with Crippen LogP contribution < -0.4 is 0 Å². The predicted octanol–water partition coefficient (Wildman–Crippen LogP) is 10.7. The first-order valence-corrected chi connectivity index (χ1v) is 15.2. The van der Waals surface area contributed by atoms with Crippen molar-refractivity contribution < 1.29 is 0 Å². The Bertz CT molecular complexity index is 2530. The average Bonchev–Trinajstić information content (AvgIpc) is 3.46. The van der Waals surface area contributed by atoms with E-state index in [9.17, 15) is 0 Å². The second-order valence-corrected chi connectivity index (χ2v) is 12.0. The maximum Gasteiger partial charge on any atom is 0.0964 e. The van der Waals surface area contributed by atoms with Crippen molar-refractivity contribution in [3.8, 4) is 33.4 Å². The van der Waals surface area contributed by atoms with Gasteiger partial charge in [0.1, 0.15) is 0 Å². The van der Waals surface area contributed by atoms with Gasteiger partial charge < -0.3 is 0 Å². The van der Waals surface area contributed by atoms with Gasteiger partial charge in [0.2, 0.25) is 0 Å². The molecule has 0 unspecified atom stereocenters. The molecule has 4 heteroatoms. The Labute approximate surface area is 251 Å². The number of rotatable bonds is 3. The molecule has 9 aromatic rings. The van der Waals surface area contributed by atoms with E-state index in [0.717, 1.165) is 55.0 Å². The van der Waals surface area contributed by atoms with Gasteiger partial charge in [0, 0.05) is 66.0 Å². The van der Waals surface area contributed by atoms with Crippen molar-refractivity contribution in [3.63, 3.8) is 0 Å². The molecule has 0 bridgehead atoms. The van der Waals surface area contributed by atoms with E-state index in [4.69, 9.17) is 9.97 Å². The Morgan fingerprint density at radius 2 is 1.21 bits per heavy atom. The lowest BCUT2D eigenvalue weighted by Crippen LogP contribution is -1.92. The highest BCUT2D eigenvalue weighted by Crippen LogP contribution is 2.43. The minimum absolute atomic E-state index is 0.918. The molecule has 0 N–H and O–H groups in total. The predicted molar refractivity (Wildman–Crippen MR) is 182 cm³/mol. The number of nitrogens with zero attached hydrogens (tertiary/aromatic N) is 3. The molecule has 0 aliphatic carbocycles. The van der Waals surface area contributed by atoms with E-state index in [-0.39, 0.29) is 0 Å². The summed E-state index contributed by atoms with van der Waals surface area (Å²) in [5.74, 6) is 0. The molecule has 0 fully saturated rings. The third kappa shape index (κ3) is 3.92. The Morgan fingerprint density at radius 1 is 0.442 bits per heavy atom. The molecule has 0 atom stereocenters. The molecule has 4 aromatic heterocycles. The summed E-state index contributed by atoms with van der Waals surface area (Å²) < 4.78 is 2.61. The zero-order chi connectivity index (χ0) is 28.3. The molecule has 3 nitrogen and oxygen atoms in total. The minimum atomic E-state index is 0.918. The van der Waals surface area contributed by atoms with Crippen LogP contribution in [0, 0.1) is 0 Å². The van der Waals surface area contributed by atoms with Gasteiger partial charge in [-0.3, -0.25) is 15.0 Å². The molecular weight excluding hydrogens is 543 g/mol. The third-order valence-electron chi connectivity index (χ3n) is 8.37. The van der Waals surface area contributed by atoms with Gasteiger partial charge in [0.05, 0.1) is 16.6 Å². The molecule has 0 aliphatic rings. The van der Waals surface area contributed by atoms with Crippen LogP contribution in [0.5, 0.6) is 0 Å². The molecule has 0 saturated heterocycles. The fraction of sp³-hybridized carbons (Fsp3) is 0. The van der Waals surface area contributed by atoms with Crippen LogP contribution in [0.15, 0.2) is 140 Å². The number of aromatic nitrogens is 3. The maximum absolute atomic E-state index is 4.98. The quantitative estimate of drug-likeness (QED) is 0.200. The zero-order valence-electron chi connectivity index (χ0n) is 23.0. The molecule has 0 aliphatic heterocycles. The lowest BCUT2D eigenvalue weighted by Gasteiger charge is -2.15. The first kappa shape index (κ1) is 24.2. The van der Waals surface area contributed by atoms with Gasteiger partial charge in [-0.1, -0.05) is 78.9 Å². The average molecular weight is 566 g/mol. The Hall–Kier alpha value is -5.45. The first-order chi connectivity index (χ1) is 21.3. The van der Waals surface area contributed by atoms with E-state index < -0.39 is 0 Å². The lowest BCUT2D eigenvalue weighted by atomic mass is 9.90. The van der Waals surface area contributed by atoms with E-state index in [1.54, 1.807) is 0 Å². The van der Waals surface area contributed by atoms with Crippen LogP contribution in [0.25, 0.3) is 86.3 Å². The Kier molecular flexibility index (Phi) is 5.37. The van der Waals surface area contributed by atoms with E-state index in [1.165, 1.54) is 31.3 Å². The van der Waals surface area contributed by atoms with Crippen molar-refractivity contribution in [3.05, 3.63) is 140 Å². The standard InChI is InChI=1S/C39H23N3S/c1-3-11-34-26(7-1)19-28(22-41-34)30-17-16-25(31-10-5-13-36-37(31)32-9-2-4-12-35(32)43-36)21-33(30)29-20-27-15-14-24-8-6-18-40-38(24)39(27)42-23-29/h1-23H. The van der Waals surface area contributed by atoms with Crippen molar-refractivity contribution in [1.82, 2.24) is 15.0 Å². The second kappa shape index (κ2) is 9.55. The number of fused-ring (bicyclic) bond motifs is 7. The van der Waals surface area contributed by atoms with Gasteiger partial charge in [-0.2, -0.15) is 0 Å². The SMILES string of the molecule is c1ccc2ncc(-c3ccc(-c4cccc5sc6ccccc6c45)cc3-c3cnc4c(ccc5cccnc54)c3)cc2c1. The summed E-state index contributed by atoms with van der Waals surface area (Å²) in [6, 6.07) is 43.2. The molecule has 200 valence electrons. The van der Waals surface area contributed by atoms with Crippen LogP contribution in [-0.2, 0) is 0 Å². The maximum atomic E-state index is 4.98. The molecule has 43 heavy (non-hydrogen) atoms. The summed E-state index contributed by atoms with van der Waals surface area (Å²) in [4.78, 5) is 14.4. The smallest absolute Gasteiger partial charge is 0.0964 e. The van der Waals surface area contributed by atoms with Gasteiger partial charge in [-0.15, -0.1) is 11.3 Å². The van der Waals surface area contributed by atoms with Gasteiger partial charge in [-0.05, 0) is 64.7 Å². The van der Waals surface area contributed by atoms with Crippen molar-refractivity contribution in [2.45, 2.75) is 0 Å². The Balaban J connectivity index is 1.30. The van der Waals surface area contributed by atoms with Crippen LogP contribution in [0.1, 0.15) is 0 Å². The topological polar surface area (TPSA) is 38.7 Å². The lowest BCUT2D eigenvalue weighted by molar-refractivity contribution is 1.37. The number of para-hydroxylation sites is 1. The van der Waals surface area contributed by atoms with Crippen LogP contribution in [0.4, 0.5) is 0 Å². The summed E-state index contributed by atoms with van der Waals surface area (Å²) in [5.41, 5.74) is 9.66.